The number of thiophene rings is 1. The van der Waals surface area contributed by atoms with Crippen LogP contribution >= 0.6 is 11.3 Å². The standard InChI is InChI=1S/C28H27N5O3S/c1-16-15-18(36-17-7-3-2-4-8-17)11-12-21(16)33-22-13-14-30-27-23(22)24(32-28(33)35)25(37-27)26(34)31-20-10-6-5-9-19(20)29/h2-4,7-8,11-15,19-20H,5-6,9-10,29H2,1H3,(H,31,34)(H,32,35)/t19-,20+/m0/s1. The molecule has 4 N–H and O–H groups in total. The number of urea groups is 1. The topological polar surface area (TPSA) is 110 Å². The van der Waals surface area contributed by atoms with Gasteiger partial charge < -0.3 is 21.1 Å². The second-order valence-corrected chi connectivity index (χ2v) is 10.5. The number of benzene rings is 2. The maximum atomic E-state index is 13.5. The first-order valence-corrected chi connectivity index (χ1v) is 13.2. The van der Waals surface area contributed by atoms with E-state index in [1.807, 2.05) is 61.5 Å². The van der Waals surface area contributed by atoms with Gasteiger partial charge in [0.2, 0.25) is 0 Å². The molecule has 0 saturated heterocycles. The monoisotopic (exact) mass is 513 g/mol. The number of nitrogens with zero attached hydrogens (tertiary/aromatic N) is 2. The maximum Gasteiger partial charge on any atom is 0.331 e. The van der Waals surface area contributed by atoms with Crippen molar-refractivity contribution in [2.24, 2.45) is 5.73 Å². The number of hydrogen-bond acceptors (Lipinski definition) is 6. The van der Waals surface area contributed by atoms with E-state index in [1.54, 1.807) is 11.1 Å². The van der Waals surface area contributed by atoms with Gasteiger partial charge in [0.15, 0.2) is 0 Å². The summed E-state index contributed by atoms with van der Waals surface area (Å²) in [6.45, 7) is 1.94. The molecule has 1 fully saturated rings. The van der Waals surface area contributed by atoms with Crippen molar-refractivity contribution in [3.05, 3.63) is 71.2 Å². The highest BCUT2D eigenvalue weighted by molar-refractivity contribution is 7.21. The van der Waals surface area contributed by atoms with Crippen LogP contribution in [0.1, 0.15) is 40.9 Å². The predicted octanol–water partition coefficient (Wildman–Crippen LogP) is 6.08. The van der Waals surface area contributed by atoms with Crippen LogP contribution in [0.5, 0.6) is 11.5 Å². The summed E-state index contributed by atoms with van der Waals surface area (Å²) in [4.78, 5) is 34.0. The molecule has 0 radical (unpaired) electrons. The molecule has 0 bridgehead atoms. The molecule has 188 valence electrons. The minimum Gasteiger partial charge on any atom is -0.457 e. The Morgan fingerprint density at radius 2 is 1.92 bits per heavy atom. The molecule has 1 aliphatic heterocycles. The molecule has 6 rings (SSSR count). The number of aryl methyl sites for hydroxylation is 1. The highest BCUT2D eigenvalue weighted by Crippen LogP contribution is 2.46. The van der Waals surface area contributed by atoms with Crippen molar-refractivity contribution >= 4 is 50.6 Å². The van der Waals surface area contributed by atoms with E-state index in [2.05, 4.69) is 15.6 Å². The summed E-state index contributed by atoms with van der Waals surface area (Å²) in [7, 11) is 0. The summed E-state index contributed by atoms with van der Waals surface area (Å²) < 4.78 is 5.96. The largest absolute Gasteiger partial charge is 0.457 e. The lowest BCUT2D eigenvalue weighted by Gasteiger charge is -2.30. The van der Waals surface area contributed by atoms with Crippen molar-refractivity contribution in [3.63, 3.8) is 0 Å². The number of nitrogens with one attached hydrogen (secondary N) is 2. The van der Waals surface area contributed by atoms with Crippen molar-refractivity contribution in [3.8, 4) is 11.5 Å². The Balaban J connectivity index is 1.34. The number of anilines is 3. The van der Waals surface area contributed by atoms with Crippen LogP contribution in [-0.4, -0.2) is 29.0 Å². The summed E-state index contributed by atoms with van der Waals surface area (Å²) in [6, 6.07) is 16.5. The number of aromatic nitrogens is 1. The van der Waals surface area contributed by atoms with Gasteiger partial charge in [0.05, 0.1) is 22.4 Å². The summed E-state index contributed by atoms with van der Waals surface area (Å²) in [5.74, 6) is 1.20. The molecular weight excluding hydrogens is 486 g/mol. The molecule has 0 spiro atoms. The third kappa shape index (κ3) is 4.30. The molecule has 3 amide bonds. The Morgan fingerprint density at radius 3 is 2.70 bits per heavy atom. The predicted molar refractivity (Wildman–Crippen MR) is 146 cm³/mol. The van der Waals surface area contributed by atoms with Gasteiger partial charge >= 0.3 is 6.03 Å². The van der Waals surface area contributed by atoms with Crippen molar-refractivity contribution in [2.75, 3.05) is 10.2 Å². The zero-order valence-corrected chi connectivity index (χ0v) is 21.2. The zero-order valence-electron chi connectivity index (χ0n) is 20.4. The van der Waals surface area contributed by atoms with Crippen LogP contribution in [0.25, 0.3) is 10.2 Å². The van der Waals surface area contributed by atoms with E-state index in [1.165, 1.54) is 11.3 Å². The molecule has 37 heavy (non-hydrogen) atoms. The van der Waals surface area contributed by atoms with Crippen LogP contribution in [0.2, 0.25) is 0 Å². The van der Waals surface area contributed by atoms with E-state index in [9.17, 15) is 9.59 Å². The van der Waals surface area contributed by atoms with Gasteiger partial charge in [-0.2, -0.15) is 0 Å². The van der Waals surface area contributed by atoms with Crippen LogP contribution in [0.4, 0.5) is 21.9 Å². The second kappa shape index (κ2) is 9.49. The van der Waals surface area contributed by atoms with Crippen molar-refractivity contribution < 1.29 is 14.3 Å². The number of carbonyl (C=O) groups excluding carboxylic acids is 2. The average Bonchev–Trinajstić information content (AvgIpc) is 3.26. The second-order valence-electron chi connectivity index (χ2n) is 9.47. The average molecular weight is 514 g/mol. The van der Waals surface area contributed by atoms with Gasteiger partial charge in [0.1, 0.15) is 21.2 Å². The van der Waals surface area contributed by atoms with Crippen LogP contribution in [0, 0.1) is 6.92 Å². The summed E-state index contributed by atoms with van der Waals surface area (Å²) in [5.41, 5.74) is 9.04. The van der Waals surface area contributed by atoms with Gasteiger partial charge in [0, 0.05) is 18.3 Å². The number of rotatable bonds is 5. The Morgan fingerprint density at radius 1 is 1.11 bits per heavy atom. The quantitative estimate of drug-likeness (QED) is 0.300. The fourth-order valence-electron chi connectivity index (χ4n) is 5.12. The van der Waals surface area contributed by atoms with Gasteiger partial charge in [0.25, 0.3) is 5.91 Å². The zero-order chi connectivity index (χ0) is 25.5. The van der Waals surface area contributed by atoms with Gasteiger partial charge in [-0.05, 0) is 61.7 Å². The molecule has 2 aliphatic rings. The first-order chi connectivity index (χ1) is 18.0. The lowest BCUT2D eigenvalue weighted by Crippen LogP contribution is -2.49. The van der Waals surface area contributed by atoms with Crippen molar-refractivity contribution in [1.82, 2.24) is 10.3 Å². The van der Waals surface area contributed by atoms with E-state index in [4.69, 9.17) is 10.5 Å². The Hall–Kier alpha value is -3.95. The van der Waals surface area contributed by atoms with E-state index in [0.717, 1.165) is 48.1 Å². The minimum atomic E-state index is -0.332. The molecule has 2 atom stereocenters. The van der Waals surface area contributed by atoms with Gasteiger partial charge in [-0.25, -0.2) is 9.78 Å². The molecule has 4 aromatic rings. The molecule has 1 saturated carbocycles. The molecule has 8 nitrogen and oxygen atoms in total. The number of pyridine rings is 1. The molecular formula is C28H27N5O3S. The first-order valence-electron chi connectivity index (χ1n) is 12.4. The van der Waals surface area contributed by atoms with Crippen LogP contribution < -0.4 is 26.0 Å². The van der Waals surface area contributed by atoms with Gasteiger partial charge in [-0.3, -0.25) is 9.69 Å². The number of amides is 3. The van der Waals surface area contributed by atoms with Crippen LogP contribution in [0.15, 0.2) is 60.8 Å². The first kappa shape index (κ1) is 23.4. The van der Waals surface area contributed by atoms with E-state index in [-0.39, 0.29) is 24.0 Å². The Kier molecular flexibility index (Phi) is 6.02. The smallest absolute Gasteiger partial charge is 0.331 e. The van der Waals surface area contributed by atoms with E-state index < -0.39 is 0 Å². The molecule has 2 aromatic carbocycles. The van der Waals surface area contributed by atoms with Crippen molar-refractivity contribution in [1.29, 1.82) is 0 Å². The number of carbonyl (C=O) groups is 2. The summed E-state index contributed by atoms with van der Waals surface area (Å²) >= 11 is 1.28. The van der Waals surface area contributed by atoms with E-state index in [0.29, 0.717) is 26.8 Å². The molecule has 3 heterocycles. The lowest BCUT2D eigenvalue weighted by molar-refractivity contribution is 0.0926. The Labute approximate surface area is 218 Å². The minimum absolute atomic E-state index is 0.0565. The number of ether oxygens (including phenoxy) is 1. The van der Waals surface area contributed by atoms with Gasteiger partial charge in [-0.1, -0.05) is 31.0 Å². The van der Waals surface area contributed by atoms with Crippen LogP contribution in [0.3, 0.4) is 0 Å². The summed E-state index contributed by atoms with van der Waals surface area (Å²) in [6.07, 6.45) is 5.56. The maximum absolute atomic E-state index is 13.5. The molecule has 2 aromatic heterocycles. The normalized spacial score (nSPS) is 19.0. The number of hydrogen-bond donors (Lipinski definition) is 3. The Bertz CT molecular complexity index is 1500. The molecule has 0 unspecified atom stereocenters. The summed E-state index contributed by atoms with van der Waals surface area (Å²) in [5, 5.41) is 6.82. The number of nitrogens with two attached hydrogens (primary N) is 1. The van der Waals surface area contributed by atoms with Gasteiger partial charge in [-0.15, -0.1) is 11.3 Å². The fraction of sp³-hybridized carbons (Fsp3) is 0.250. The van der Waals surface area contributed by atoms with Crippen molar-refractivity contribution in [2.45, 2.75) is 44.7 Å². The highest BCUT2D eigenvalue weighted by Gasteiger charge is 2.34. The fourth-order valence-corrected chi connectivity index (χ4v) is 6.15. The molecule has 1 aliphatic carbocycles. The third-order valence-corrected chi connectivity index (χ3v) is 8.07. The number of para-hydroxylation sites is 1. The molecule has 9 heteroatoms. The van der Waals surface area contributed by atoms with Crippen LogP contribution in [-0.2, 0) is 0 Å². The SMILES string of the molecule is Cc1cc(Oc2ccccc2)ccc1N1C(=O)Nc2c(C(=O)N[C@@H]3CCCC[C@@H]3N)sc3nccc1c23. The highest BCUT2D eigenvalue weighted by atomic mass is 32.1. The van der Waals surface area contributed by atoms with E-state index >= 15 is 0 Å². The third-order valence-electron chi connectivity index (χ3n) is 6.98. The lowest BCUT2D eigenvalue weighted by atomic mass is 9.91.